The number of piperazine rings is 1. The highest BCUT2D eigenvalue weighted by Gasteiger charge is 2.44. The Morgan fingerprint density at radius 2 is 2.14 bits per heavy atom. The molecule has 0 radical (unpaired) electrons. The molecule has 2 fully saturated rings. The van der Waals surface area contributed by atoms with Crippen LogP contribution in [-0.2, 0) is 22.6 Å². The third-order valence-corrected chi connectivity index (χ3v) is 5.56. The lowest BCUT2D eigenvalue weighted by atomic mass is 9.96. The SMILES string of the molecule is CCc1cnc(CN2C(=O)C3CCCCN3C(=O)C2C)s1. The number of thiazole rings is 1. The van der Waals surface area contributed by atoms with Gasteiger partial charge in [0.05, 0.1) is 6.54 Å². The van der Waals surface area contributed by atoms with E-state index < -0.39 is 0 Å². The van der Waals surface area contributed by atoms with Crippen LogP contribution in [0.2, 0.25) is 0 Å². The normalized spacial score (nSPS) is 26.2. The minimum absolute atomic E-state index is 0.0894. The molecule has 0 aromatic carbocycles. The van der Waals surface area contributed by atoms with Gasteiger partial charge in [0.2, 0.25) is 11.8 Å². The number of carbonyl (C=O) groups is 2. The highest BCUT2D eigenvalue weighted by atomic mass is 32.1. The predicted octanol–water partition coefficient (Wildman–Crippen LogP) is 1.82. The molecule has 0 aliphatic carbocycles. The number of carbonyl (C=O) groups excluding carboxylic acids is 2. The molecule has 2 aliphatic rings. The van der Waals surface area contributed by atoms with Gasteiger partial charge in [-0.25, -0.2) is 4.98 Å². The summed E-state index contributed by atoms with van der Waals surface area (Å²) >= 11 is 1.63. The van der Waals surface area contributed by atoms with Crippen LogP contribution in [0, 0.1) is 0 Å². The van der Waals surface area contributed by atoms with Gasteiger partial charge in [0, 0.05) is 17.6 Å². The second-order valence-electron chi connectivity index (χ2n) is 5.76. The first kappa shape index (κ1) is 14.5. The summed E-state index contributed by atoms with van der Waals surface area (Å²) in [6, 6.07) is -0.617. The molecule has 114 valence electrons. The zero-order valence-electron chi connectivity index (χ0n) is 12.5. The second-order valence-corrected chi connectivity index (χ2v) is 6.96. The van der Waals surface area contributed by atoms with Crippen molar-refractivity contribution in [1.82, 2.24) is 14.8 Å². The molecule has 0 N–H and O–H groups in total. The Hall–Kier alpha value is -1.43. The largest absolute Gasteiger partial charge is 0.329 e. The smallest absolute Gasteiger partial charge is 0.246 e. The zero-order chi connectivity index (χ0) is 15.0. The fourth-order valence-electron chi connectivity index (χ4n) is 3.15. The van der Waals surface area contributed by atoms with Crippen LogP contribution in [0.1, 0.15) is 43.0 Å². The molecule has 5 nitrogen and oxygen atoms in total. The van der Waals surface area contributed by atoms with Crippen LogP contribution in [-0.4, -0.2) is 45.2 Å². The van der Waals surface area contributed by atoms with E-state index in [4.69, 9.17) is 0 Å². The molecule has 2 aliphatic heterocycles. The summed E-state index contributed by atoms with van der Waals surface area (Å²) in [4.78, 5) is 34.3. The first-order valence-electron chi connectivity index (χ1n) is 7.66. The van der Waals surface area contributed by atoms with Gasteiger partial charge in [0.25, 0.3) is 0 Å². The van der Waals surface area contributed by atoms with E-state index in [1.54, 1.807) is 21.1 Å². The van der Waals surface area contributed by atoms with E-state index in [9.17, 15) is 9.59 Å². The van der Waals surface area contributed by atoms with Crippen molar-refractivity contribution in [3.63, 3.8) is 0 Å². The molecular weight excluding hydrogens is 286 g/mol. The average molecular weight is 307 g/mol. The molecule has 1 aromatic rings. The minimum atomic E-state index is -0.374. The van der Waals surface area contributed by atoms with Gasteiger partial charge in [-0.05, 0) is 32.6 Å². The quantitative estimate of drug-likeness (QED) is 0.856. The average Bonchev–Trinajstić information content (AvgIpc) is 2.97. The Bertz CT molecular complexity index is 557. The third-order valence-electron chi connectivity index (χ3n) is 4.43. The van der Waals surface area contributed by atoms with Crippen LogP contribution in [0.5, 0.6) is 0 Å². The summed E-state index contributed by atoms with van der Waals surface area (Å²) < 4.78 is 0. The standard InChI is InChI=1S/C15H21N3O2S/c1-3-11-8-16-13(21-11)9-18-10(2)14(19)17-7-5-4-6-12(17)15(18)20/h8,10,12H,3-7,9H2,1-2H3. The maximum absolute atomic E-state index is 12.7. The number of rotatable bonds is 3. The molecule has 2 atom stereocenters. The topological polar surface area (TPSA) is 53.5 Å². The van der Waals surface area contributed by atoms with Crippen molar-refractivity contribution in [2.24, 2.45) is 0 Å². The second kappa shape index (κ2) is 5.75. The van der Waals surface area contributed by atoms with Gasteiger partial charge in [-0.3, -0.25) is 9.59 Å². The van der Waals surface area contributed by atoms with Crippen LogP contribution >= 0.6 is 11.3 Å². The van der Waals surface area contributed by atoms with Crippen LogP contribution in [0.3, 0.4) is 0 Å². The molecule has 3 rings (SSSR count). The fourth-order valence-corrected chi connectivity index (χ4v) is 4.01. The molecular formula is C15H21N3O2S. The van der Waals surface area contributed by atoms with Gasteiger partial charge < -0.3 is 9.80 Å². The highest BCUT2D eigenvalue weighted by molar-refractivity contribution is 7.11. The summed E-state index contributed by atoms with van der Waals surface area (Å²) in [5, 5.41) is 0.920. The number of fused-ring (bicyclic) bond motifs is 1. The minimum Gasteiger partial charge on any atom is -0.329 e. The monoisotopic (exact) mass is 307 g/mol. The number of hydrogen-bond donors (Lipinski definition) is 0. The maximum Gasteiger partial charge on any atom is 0.246 e. The summed E-state index contributed by atoms with van der Waals surface area (Å²) in [6.45, 7) is 5.11. The lowest BCUT2D eigenvalue weighted by Crippen LogP contribution is -2.64. The number of amides is 2. The Morgan fingerprint density at radius 1 is 1.33 bits per heavy atom. The first-order valence-corrected chi connectivity index (χ1v) is 8.48. The maximum atomic E-state index is 12.7. The van der Waals surface area contributed by atoms with E-state index in [1.165, 1.54) is 4.88 Å². The molecule has 21 heavy (non-hydrogen) atoms. The van der Waals surface area contributed by atoms with Crippen molar-refractivity contribution in [3.05, 3.63) is 16.1 Å². The summed E-state index contributed by atoms with van der Waals surface area (Å²) in [7, 11) is 0. The Labute approximate surface area is 129 Å². The molecule has 2 unspecified atom stereocenters. The number of aromatic nitrogens is 1. The zero-order valence-corrected chi connectivity index (χ0v) is 13.4. The lowest BCUT2D eigenvalue weighted by molar-refractivity contribution is -0.163. The Balaban J connectivity index is 1.80. The molecule has 6 heteroatoms. The number of nitrogens with zero attached hydrogens (tertiary/aromatic N) is 3. The van der Waals surface area contributed by atoms with Crippen LogP contribution in [0.25, 0.3) is 0 Å². The van der Waals surface area contributed by atoms with Gasteiger partial charge in [-0.2, -0.15) is 0 Å². The summed E-state index contributed by atoms with van der Waals surface area (Å²) in [5.41, 5.74) is 0. The summed E-state index contributed by atoms with van der Waals surface area (Å²) in [5.74, 6) is 0.182. The van der Waals surface area contributed by atoms with Crippen molar-refractivity contribution in [1.29, 1.82) is 0 Å². The summed E-state index contributed by atoms with van der Waals surface area (Å²) in [6.07, 6.45) is 5.66. The van der Waals surface area contributed by atoms with Crippen LogP contribution in [0.15, 0.2) is 6.20 Å². The van der Waals surface area contributed by atoms with E-state index in [0.29, 0.717) is 6.54 Å². The van der Waals surface area contributed by atoms with Gasteiger partial charge in [-0.15, -0.1) is 11.3 Å². The van der Waals surface area contributed by atoms with Crippen LogP contribution in [0.4, 0.5) is 0 Å². The van der Waals surface area contributed by atoms with Gasteiger partial charge in [0.1, 0.15) is 17.1 Å². The number of aryl methyl sites for hydroxylation is 1. The van der Waals surface area contributed by atoms with Crippen molar-refractivity contribution >= 4 is 23.2 Å². The molecule has 0 spiro atoms. The lowest BCUT2D eigenvalue weighted by Gasteiger charge is -2.45. The molecule has 0 bridgehead atoms. The third kappa shape index (κ3) is 2.57. The fraction of sp³-hybridized carbons (Fsp3) is 0.667. The Morgan fingerprint density at radius 3 is 2.86 bits per heavy atom. The predicted molar refractivity (Wildman–Crippen MR) is 80.9 cm³/mol. The molecule has 0 saturated carbocycles. The molecule has 3 heterocycles. The van der Waals surface area contributed by atoms with Crippen molar-refractivity contribution < 1.29 is 9.59 Å². The van der Waals surface area contributed by atoms with E-state index in [2.05, 4.69) is 11.9 Å². The number of piperidine rings is 1. The van der Waals surface area contributed by atoms with Gasteiger partial charge in [-0.1, -0.05) is 6.92 Å². The first-order chi connectivity index (χ1) is 10.1. The van der Waals surface area contributed by atoms with E-state index in [-0.39, 0.29) is 23.9 Å². The van der Waals surface area contributed by atoms with Gasteiger partial charge in [0.15, 0.2) is 0 Å². The molecule has 2 saturated heterocycles. The highest BCUT2D eigenvalue weighted by Crippen LogP contribution is 2.28. The number of hydrogen-bond acceptors (Lipinski definition) is 4. The van der Waals surface area contributed by atoms with E-state index >= 15 is 0 Å². The van der Waals surface area contributed by atoms with Crippen molar-refractivity contribution in [2.75, 3.05) is 6.54 Å². The van der Waals surface area contributed by atoms with Crippen molar-refractivity contribution in [3.8, 4) is 0 Å². The Kier molecular flexibility index (Phi) is 3.97. The molecule has 2 amide bonds. The van der Waals surface area contributed by atoms with Gasteiger partial charge >= 0.3 is 0 Å². The van der Waals surface area contributed by atoms with E-state index in [0.717, 1.165) is 37.2 Å². The van der Waals surface area contributed by atoms with Crippen molar-refractivity contribution in [2.45, 2.75) is 58.2 Å². The van der Waals surface area contributed by atoms with E-state index in [1.807, 2.05) is 13.1 Å². The molecule has 1 aromatic heterocycles. The van der Waals surface area contributed by atoms with Crippen LogP contribution < -0.4 is 0 Å².